The molecule has 0 N–H and O–H groups in total. The van der Waals surface area contributed by atoms with Crippen LogP contribution in [0.25, 0.3) is 0 Å². The number of nitrogens with zero attached hydrogens (tertiary/aromatic N) is 3. The summed E-state index contributed by atoms with van der Waals surface area (Å²) in [7, 11) is 2.68. The Labute approximate surface area is 239 Å². The molecule has 3 heterocycles. The van der Waals surface area contributed by atoms with Crippen LogP contribution >= 0.6 is 11.8 Å². The van der Waals surface area contributed by atoms with Crippen molar-refractivity contribution >= 4 is 29.6 Å². The van der Waals surface area contributed by atoms with E-state index >= 15 is 4.39 Å². The number of fused-ring (bicyclic) bond motifs is 3. The van der Waals surface area contributed by atoms with Crippen molar-refractivity contribution in [3.05, 3.63) is 88.8 Å². The predicted octanol–water partition coefficient (Wildman–Crippen LogP) is 3.73. The first-order chi connectivity index (χ1) is 19.8. The van der Waals surface area contributed by atoms with E-state index < -0.39 is 54.2 Å². The van der Waals surface area contributed by atoms with Crippen LogP contribution in [0.2, 0.25) is 0 Å². The van der Waals surface area contributed by atoms with E-state index in [4.69, 9.17) is 14.2 Å². The number of halogens is 2. The number of methoxy groups -OCH3 is 1. The highest BCUT2D eigenvalue weighted by Crippen LogP contribution is 2.46. The minimum absolute atomic E-state index is 0.116. The van der Waals surface area contributed by atoms with Crippen molar-refractivity contribution < 1.29 is 42.1 Å². The topological polar surface area (TPSA) is 97.8 Å². The Morgan fingerprint density at radius 3 is 2.71 bits per heavy atom. The smallest absolute Gasteiger partial charge is 0.451 e. The number of ketones is 1. The van der Waals surface area contributed by atoms with E-state index in [1.54, 1.807) is 23.0 Å². The van der Waals surface area contributed by atoms with Gasteiger partial charge >= 0.3 is 6.16 Å². The van der Waals surface area contributed by atoms with Gasteiger partial charge in [0.2, 0.25) is 18.3 Å². The van der Waals surface area contributed by atoms with Crippen LogP contribution in [0.1, 0.15) is 22.7 Å². The molecule has 0 radical (unpaired) electrons. The van der Waals surface area contributed by atoms with Crippen molar-refractivity contribution in [2.45, 2.75) is 22.9 Å². The number of amides is 1. The lowest BCUT2D eigenvalue weighted by Crippen LogP contribution is -2.67. The third-order valence-corrected chi connectivity index (χ3v) is 8.21. The number of morpholine rings is 1. The van der Waals surface area contributed by atoms with Gasteiger partial charge in [-0.05, 0) is 29.3 Å². The van der Waals surface area contributed by atoms with Gasteiger partial charge in [0.15, 0.2) is 17.3 Å². The van der Waals surface area contributed by atoms with Gasteiger partial charge < -0.3 is 23.8 Å². The first-order valence-corrected chi connectivity index (χ1v) is 13.6. The second-order valence-electron chi connectivity index (χ2n) is 9.22. The molecule has 5 rings (SSSR count). The van der Waals surface area contributed by atoms with Crippen molar-refractivity contribution in [1.82, 2.24) is 14.9 Å². The van der Waals surface area contributed by atoms with Gasteiger partial charge in [0.1, 0.15) is 6.17 Å². The Balaban J connectivity index is 1.71. The highest BCUT2D eigenvalue weighted by Gasteiger charge is 2.49. The normalized spacial score (nSPS) is 21.6. The second kappa shape index (κ2) is 11.9. The number of ether oxygens (including phenoxy) is 4. The molecule has 2 aromatic carbocycles. The Morgan fingerprint density at radius 2 is 1.95 bits per heavy atom. The average Bonchev–Trinajstić information content (AvgIpc) is 3.15. The van der Waals surface area contributed by atoms with Crippen LogP contribution in [0, 0.1) is 11.6 Å². The molecule has 3 aliphatic heterocycles. The maximum atomic E-state index is 15.3. The Hall–Kier alpha value is -3.94. The number of allylic oxidation sites excluding steroid dienone is 1. The van der Waals surface area contributed by atoms with Gasteiger partial charge in [-0.3, -0.25) is 14.6 Å². The van der Waals surface area contributed by atoms with E-state index in [0.29, 0.717) is 5.56 Å². The zero-order valence-corrected chi connectivity index (χ0v) is 23.1. The molecule has 0 aromatic heterocycles. The van der Waals surface area contributed by atoms with Crippen LogP contribution in [0.5, 0.6) is 0 Å². The highest BCUT2D eigenvalue weighted by atomic mass is 32.2. The van der Waals surface area contributed by atoms with Gasteiger partial charge in [-0.1, -0.05) is 30.8 Å². The van der Waals surface area contributed by atoms with Crippen molar-refractivity contribution in [2.75, 3.05) is 40.7 Å². The largest absolute Gasteiger partial charge is 0.510 e. The van der Waals surface area contributed by atoms with Gasteiger partial charge in [0, 0.05) is 29.8 Å². The molecule has 13 heteroatoms. The molecule has 3 aliphatic rings. The molecule has 2 saturated heterocycles. The number of hydrogen-bond acceptors (Lipinski definition) is 10. The van der Waals surface area contributed by atoms with Crippen molar-refractivity contribution in [1.29, 1.82) is 0 Å². The number of hydrazine groups is 1. The van der Waals surface area contributed by atoms with Crippen molar-refractivity contribution in [3.8, 4) is 0 Å². The molecule has 216 valence electrons. The van der Waals surface area contributed by atoms with Crippen molar-refractivity contribution in [2.24, 2.45) is 0 Å². The summed E-state index contributed by atoms with van der Waals surface area (Å²) in [5.41, 5.74) is 1.33. The SMILES string of the molecule is C=CC(=O)/C(OCOC(=O)OC)=C1/C(=O)N2CCOC[C@H]2N([C@@H]2c3ccccc3SCc3c2ccc(F)c3F)N1C. The molecule has 2 aromatic rings. The highest BCUT2D eigenvalue weighted by molar-refractivity contribution is 7.98. The minimum atomic E-state index is -1.04. The number of carbonyl (C=O) groups excluding carboxylic acids is 3. The predicted molar refractivity (Wildman–Crippen MR) is 142 cm³/mol. The van der Waals surface area contributed by atoms with Gasteiger partial charge in [0.25, 0.3) is 5.91 Å². The Morgan fingerprint density at radius 1 is 1.17 bits per heavy atom. The quantitative estimate of drug-likeness (QED) is 0.215. The maximum absolute atomic E-state index is 15.3. The van der Waals surface area contributed by atoms with Crippen LogP contribution < -0.4 is 0 Å². The third-order valence-electron chi connectivity index (χ3n) is 7.09. The van der Waals surface area contributed by atoms with Crippen molar-refractivity contribution in [3.63, 3.8) is 0 Å². The lowest BCUT2D eigenvalue weighted by atomic mass is 9.93. The van der Waals surface area contributed by atoms with Crippen LogP contribution in [0.3, 0.4) is 0 Å². The molecule has 0 saturated carbocycles. The number of rotatable bonds is 6. The lowest BCUT2D eigenvalue weighted by molar-refractivity contribution is -0.195. The summed E-state index contributed by atoms with van der Waals surface area (Å²) in [5, 5.41) is 3.27. The van der Waals surface area contributed by atoms with Gasteiger partial charge in [-0.15, -0.1) is 11.8 Å². The average molecular weight is 588 g/mol. The molecule has 0 spiro atoms. The first kappa shape index (κ1) is 28.6. The summed E-state index contributed by atoms with van der Waals surface area (Å²) in [6, 6.07) is 9.39. The molecular formula is C28H27F2N3O7S. The molecular weight excluding hydrogens is 560 g/mol. The summed E-state index contributed by atoms with van der Waals surface area (Å²) >= 11 is 1.38. The summed E-state index contributed by atoms with van der Waals surface area (Å²) in [6.45, 7) is 3.36. The van der Waals surface area contributed by atoms with Crippen LogP contribution in [-0.4, -0.2) is 79.6 Å². The summed E-state index contributed by atoms with van der Waals surface area (Å²) in [4.78, 5) is 40.8. The fourth-order valence-electron chi connectivity index (χ4n) is 5.22. The second-order valence-corrected chi connectivity index (χ2v) is 10.2. The summed E-state index contributed by atoms with van der Waals surface area (Å²) in [6.07, 6.45) is -0.738. The van der Waals surface area contributed by atoms with Gasteiger partial charge in [-0.2, -0.15) is 5.01 Å². The van der Waals surface area contributed by atoms with E-state index in [9.17, 15) is 18.8 Å². The zero-order chi connectivity index (χ0) is 29.3. The van der Waals surface area contributed by atoms with E-state index in [2.05, 4.69) is 11.3 Å². The minimum Gasteiger partial charge on any atom is -0.451 e. The van der Waals surface area contributed by atoms with Gasteiger partial charge in [-0.25, -0.2) is 13.6 Å². The molecule has 1 amide bonds. The van der Waals surface area contributed by atoms with E-state index in [1.165, 1.54) is 16.8 Å². The molecule has 0 aliphatic carbocycles. The van der Waals surface area contributed by atoms with Crippen LogP contribution in [0.4, 0.5) is 13.6 Å². The number of carbonyl (C=O) groups is 3. The zero-order valence-electron chi connectivity index (χ0n) is 22.3. The molecule has 0 unspecified atom stereocenters. The van der Waals surface area contributed by atoms with E-state index in [-0.39, 0.29) is 36.8 Å². The molecule has 2 fully saturated rings. The Kier molecular flexibility index (Phi) is 8.29. The molecule has 41 heavy (non-hydrogen) atoms. The van der Waals surface area contributed by atoms with Crippen LogP contribution in [-0.2, 0) is 34.3 Å². The first-order valence-electron chi connectivity index (χ1n) is 12.6. The van der Waals surface area contributed by atoms with Crippen LogP contribution in [0.15, 0.2) is 65.4 Å². The molecule has 2 atom stereocenters. The third kappa shape index (κ3) is 5.16. The Bertz CT molecular complexity index is 1440. The summed E-state index contributed by atoms with van der Waals surface area (Å²) in [5.74, 6) is -3.38. The molecule has 0 bridgehead atoms. The number of likely N-dealkylation sites (N-methyl/N-ethyl adjacent to an activating group) is 1. The summed E-state index contributed by atoms with van der Waals surface area (Å²) < 4.78 is 50.2. The fraction of sp³-hybridized carbons (Fsp3) is 0.321. The van der Waals surface area contributed by atoms with E-state index in [0.717, 1.165) is 29.7 Å². The maximum Gasteiger partial charge on any atom is 0.510 e. The number of benzene rings is 2. The van der Waals surface area contributed by atoms with E-state index in [1.807, 2.05) is 24.3 Å². The number of thioether (sulfide) groups is 1. The molecule has 10 nitrogen and oxygen atoms in total. The monoisotopic (exact) mass is 587 g/mol. The lowest BCUT2D eigenvalue weighted by Gasteiger charge is -2.54. The standard InChI is InChI=1S/C28H27F2N3O7S/c1-4-20(34)26(39-15-40-28(36)37-3)25-27(35)32-11-12-38-13-22(32)33(31(25)2)24-16-9-10-19(29)23(30)18(16)14-41-21-8-6-5-7-17(21)24/h4-10,22,24H,1,11-15H2,2-3H3/b26-25+/t22-,24+/m1/s1. The fourth-order valence-corrected chi connectivity index (χ4v) is 6.34. The van der Waals surface area contributed by atoms with Gasteiger partial charge in [0.05, 0.1) is 26.4 Å². The number of hydrogen-bond donors (Lipinski definition) is 0.